The summed E-state index contributed by atoms with van der Waals surface area (Å²) in [4.78, 5) is 17.8. The Bertz CT molecular complexity index is 1110. The molecule has 0 saturated carbocycles. The Morgan fingerprint density at radius 2 is 1.61 bits per heavy atom. The standard InChI is InChI=1S/C27H30N2O4/c1-18-6-8-22(9-7-18)16-33-28-15-23-10-11-24(25(14-23)31-5)32-17-26(30)29-27-20(3)12-19(2)13-21(27)4/h6-15H,16-17H2,1-5H3,(H,29,30)/b28-15+. The van der Waals surface area contributed by atoms with Gasteiger partial charge in [-0.15, -0.1) is 0 Å². The van der Waals surface area contributed by atoms with Crippen LogP contribution in [-0.2, 0) is 16.2 Å². The summed E-state index contributed by atoms with van der Waals surface area (Å²) in [5, 5.41) is 6.96. The molecule has 0 aliphatic heterocycles. The van der Waals surface area contributed by atoms with Crippen molar-refractivity contribution in [3.8, 4) is 11.5 Å². The second-order valence-corrected chi connectivity index (χ2v) is 8.01. The molecule has 3 aromatic carbocycles. The number of nitrogens with one attached hydrogen (secondary N) is 1. The van der Waals surface area contributed by atoms with Crippen molar-refractivity contribution in [3.05, 3.63) is 88.0 Å². The van der Waals surface area contributed by atoms with Crippen molar-refractivity contribution in [2.75, 3.05) is 19.0 Å². The Morgan fingerprint density at radius 3 is 2.27 bits per heavy atom. The minimum Gasteiger partial charge on any atom is -0.493 e. The molecule has 1 amide bonds. The normalized spacial score (nSPS) is 10.8. The molecule has 3 rings (SSSR count). The molecule has 6 heteroatoms. The third-order valence-electron chi connectivity index (χ3n) is 5.12. The zero-order chi connectivity index (χ0) is 23.8. The number of anilines is 1. The summed E-state index contributed by atoms with van der Waals surface area (Å²) in [7, 11) is 1.55. The molecular weight excluding hydrogens is 416 g/mol. The van der Waals surface area contributed by atoms with E-state index in [1.54, 1.807) is 25.5 Å². The van der Waals surface area contributed by atoms with Gasteiger partial charge in [-0.3, -0.25) is 4.79 Å². The summed E-state index contributed by atoms with van der Waals surface area (Å²) in [5.41, 5.74) is 7.06. The highest BCUT2D eigenvalue weighted by molar-refractivity contribution is 5.93. The van der Waals surface area contributed by atoms with Crippen LogP contribution in [0, 0.1) is 27.7 Å². The van der Waals surface area contributed by atoms with E-state index in [2.05, 4.69) is 10.5 Å². The maximum absolute atomic E-state index is 12.4. The van der Waals surface area contributed by atoms with E-state index >= 15 is 0 Å². The van der Waals surface area contributed by atoms with E-state index in [9.17, 15) is 4.79 Å². The number of benzene rings is 3. The van der Waals surface area contributed by atoms with Crippen LogP contribution in [0.4, 0.5) is 5.69 Å². The molecule has 33 heavy (non-hydrogen) atoms. The third kappa shape index (κ3) is 6.84. The van der Waals surface area contributed by atoms with Crippen LogP contribution in [0.15, 0.2) is 59.8 Å². The summed E-state index contributed by atoms with van der Waals surface area (Å²) in [6.07, 6.45) is 1.61. The molecule has 1 N–H and O–H groups in total. The fourth-order valence-corrected chi connectivity index (χ4v) is 3.47. The van der Waals surface area contributed by atoms with Gasteiger partial charge in [0.15, 0.2) is 18.1 Å². The van der Waals surface area contributed by atoms with Crippen LogP contribution >= 0.6 is 0 Å². The second-order valence-electron chi connectivity index (χ2n) is 8.01. The van der Waals surface area contributed by atoms with Gasteiger partial charge >= 0.3 is 0 Å². The summed E-state index contributed by atoms with van der Waals surface area (Å²) < 4.78 is 11.1. The average molecular weight is 447 g/mol. The van der Waals surface area contributed by atoms with Gasteiger partial charge in [0, 0.05) is 11.3 Å². The summed E-state index contributed by atoms with van der Waals surface area (Å²) in [6, 6.07) is 17.5. The minimum absolute atomic E-state index is 0.129. The molecule has 0 radical (unpaired) electrons. The molecule has 0 atom stereocenters. The number of rotatable bonds is 9. The van der Waals surface area contributed by atoms with Crippen molar-refractivity contribution in [1.29, 1.82) is 0 Å². The van der Waals surface area contributed by atoms with Gasteiger partial charge in [-0.1, -0.05) is 52.7 Å². The zero-order valence-electron chi connectivity index (χ0n) is 19.8. The first-order chi connectivity index (χ1) is 15.9. The van der Waals surface area contributed by atoms with Crippen LogP contribution < -0.4 is 14.8 Å². The molecule has 3 aromatic rings. The first-order valence-electron chi connectivity index (χ1n) is 10.7. The van der Waals surface area contributed by atoms with Crippen LogP contribution in [0.2, 0.25) is 0 Å². The third-order valence-corrected chi connectivity index (χ3v) is 5.12. The lowest BCUT2D eigenvalue weighted by Crippen LogP contribution is -2.21. The number of hydrogen-bond donors (Lipinski definition) is 1. The van der Waals surface area contributed by atoms with Crippen molar-refractivity contribution in [3.63, 3.8) is 0 Å². The van der Waals surface area contributed by atoms with Crippen molar-refractivity contribution in [1.82, 2.24) is 0 Å². The Hall–Kier alpha value is -3.80. The van der Waals surface area contributed by atoms with Gasteiger partial charge in [0.2, 0.25) is 0 Å². The molecule has 0 saturated heterocycles. The van der Waals surface area contributed by atoms with Crippen LogP contribution in [0.25, 0.3) is 0 Å². The Kier molecular flexibility index (Phi) is 8.08. The maximum atomic E-state index is 12.4. The lowest BCUT2D eigenvalue weighted by Gasteiger charge is -2.14. The number of carbonyl (C=O) groups excluding carboxylic acids is 1. The lowest BCUT2D eigenvalue weighted by atomic mass is 10.1. The van der Waals surface area contributed by atoms with Gasteiger partial charge in [0.1, 0.15) is 6.61 Å². The van der Waals surface area contributed by atoms with E-state index in [1.165, 1.54) is 5.56 Å². The number of aryl methyl sites for hydroxylation is 4. The van der Waals surface area contributed by atoms with Crippen LogP contribution in [0.3, 0.4) is 0 Å². The predicted molar refractivity (Wildman–Crippen MR) is 131 cm³/mol. The molecule has 0 aromatic heterocycles. The maximum Gasteiger partial charge on any atom is 0.262 e. The largest absolute Gasteiger partial charge is 0.493 e. The molecule has 0 heterocycles. The van der Waals surface area contributed by atoms with E-state index in [1.807, 2.05) is 70.2 Å². The van der Waals surface area contributed by atoms with Gasteiger partial charge < -0.3 is 19.6 Å². The van der Waals surface area contributed by atoms with Crippen LogP contribution in [0.5, 0.6) is 11.5 Å². The quantitative estimate of drug-likeness (QED) is 0.348. The van der Waals surface area contributed by atoms with E-state index in [-0.39, 0.29) is 12.5 Å². The highest BCUT2D eigenvalue weighted by Crippen LogP contribution is 2.28. The average Bonchev–Trinajstić information content (AvgIpc) is 2.79. The number of carbonyl (C=O) groups is 1. The zero-order valence-corrected chi connectivity index (χ0v) is 19.8. The van der Waals surface area contributed by atoms with Gasteiger partial charge in [-0.05, 0) is 62.6 Å². The molecule has 172 valence electrons. The van der Waals surface area contributed by atoms with Gasteiger partial charge in [0.05, 0.1) is 13.3 Å². The second kappa shape index (κ2) is 11.2. The van der Waals surface area contributed by atoms with Crippen molar-refractivity contribution < 1.29 is 19.1 Å². The smallest absolute Gasteiger partial charge is 0.262 e. The number of amides is 1. The van der Waals surface area contributed by atoms with E-state index in [0.29, 0.717) is 18.1 Å². The molecule has 0 aliphatic rings. The van der Waals surface area contributed by atoms with Crippen molar-refractivity contribution >= 4 is 17.8 Å². The summed E-state index contributed by atoms with van der Waals surface area (Å²) >= 11 is 0. The van der Waals surface area contributed by atoms with Gasteiger partial charge in [-0.2, -0.15) is 0 Å². The molecule has 0 bridgehead atoms. The predicted octanol–water partition coefficient (Wildman–Crippen LogP) is 5.50. The van der Waals surface area contributed by atoms with Crippen molar-refractivity contribution in [2.45, 2.75) is 34.3 Å². The Morgan fingerprint density at radius 1 is 0.909 bits per heavy atom. The molecule has 0 spiro atoms. The van der Waals surface area contributed by atoms with Crippen molar-refractivity contribution in [2.24, 2.45) is 5.16 Å². The minimum atomic E-state index is -0.234. The Balaban J connectivity index is 1.56. The van der Waals surface area contributed by atoms with Crippen LogP contribution in [0.1, 0.15) is 33.4 Å². The monoisotopic (exact) mass is 446 g/mol. The SMILES string of the molecule is COc1cc(/C=N/OCc2ccc(C)cc2)ccc1OCC(=O)Nc1c(C)cc(C)cc1C. The number of methoxy groups -OCH3 is 1. The fraction of sp³-hybridized carbons (Fsp3) is 0.259. The summed E-state index contributed by atoms with van der Waals surface area (Å²) in [5.74, 6) is 0.748. The first-order valence-corrected chi connectivity index (χ1v) is 10.7. The number of oxime groups is 1. The fourth-order valence-electron chi connectivity index (χ4n) is 3.47. The highest BCUT2D eigenvalue weighted by atomic mass is 16.6. The first kappa shape index (κ1) is 23.9. The number of nitrogens with zero attached hydrogens (tertiary/aromatic N) is 1. The molecule has 0 fully saturated rings. The van der Waals surface area contributed by atoms with E-state index in [4.69, 9.17) is 14.3 Å². The highest BCUT2D eigenvalue weighted by Gasteiger charge is 2.11. The summed E-state index contributed by atoms with van der Waals surface area (Å²) in [6.45, 7) is 8.29. The molecule has 0 unspecified atom stereocenters. The number of hydrogen-bond acceptors (Lipinski definition) is 5. The molecule has 0 aliphatic carbocycles. The lowest BCUT2D eigenvalue weighted by molar-refractivity contribution is -0.118. The molecule has 6 nitrogen and oxygen atoms in total. The number of ether oxygens (including phenoxy) is 2. The van der Waals surface area contributed by atoms with Gasteiger partial charge in [0.25, 0.3) is 5.91 Å². The topological polar surface area (TPSA) is 69.1 Å². The van der Waals surface area contributed by atoms with Crippen LogP contribution in [-0.4, -0.2) is 25.8 Å². The van der Waals surface area contributed by atoms with E-state index in [0.717, 1.165) is 33.5 Å². The Labute approximate surface area is 195 Å². The van der Waals surface area contributed by atoms with E-state index < -0.39 is 0 Å². The molecular formula is C27H30N2O4. The van der Waals surface area contributed by atoms with Gasteiger partial charge in [-0.25, -0.2) is 0 Å².